The summed E-state index contributed by atoms with van der Waals surface area (Å²) in [5.74, 6) is 0. The quantitative estimate of drug-likeness (QED) is 0.589. The topological polar surface area (TPSA) is 37.8 Å². The number of fused-ring (bicyclic) bond motifs is 3. The Labute approximate surface area is 86.0 Å². The first-order valence-electron chi connectivity index (χ1n) is 4.83. The van der Waals surface area contributed by atoms with Crippen LogP contribution in [-0.4, -0.2) is 9.55 Å². The summed E-state index contributed by atoms with van der Waals surface area (Å²) in [4.78, 5) is 14.7. The standard InChI is InChI=1S/C12H10N2O/c1-14-7-9-8-4-2-3-5-10(8)13-11(9)6-12(14)15/h2-7,13H,1H3. The van der Waals surface area contributed by atoms with Crippen LogP contribution in [0.25, 0.3) is 21.8 Å². The van der Waals surface area contributed by atoms with Gasteiger partial charge in [0, 0.05) is 35.6 Å². The first-order valence-corrected chi connectivity index (χ1v) is 4.83. The second kappa shape index (κ2) is 2.73. The first-order chi connectivity index (χ1) is 7.25. The number of aryl methyl sites for hydroxylation is 1. The highest BCUT2D eigenvalue weighted by atomic mass is 16.1. The Bertz CT molecular complexity index is 706. The first kappa shape index (κ1) is 8.29. The Kier molecular flexibility index (Phi) is 1.51. The van der Waals surface area contributed by atoms with Crippen LogP contribution in [0.1, 0.15) is 0 Å². The van der Waals surface area contributed by atoms with Crippen molar-refractivity contribution in [2.45, 2.75) is 0 Å². The number of pyridine rings is 1. The van der Waals surface area contributed by atoms with Crippen LogP contribution >= 0.6 is 0 Å². The molecule has 3 rings (SSSR count). The van der Waals surface area contributed by atoms with Crippen LogP contribution in [0.3, 0.4) is 0 Å². The SMILES string of the molecule is Cn1cc2c(cc1=O)[nH]c1ccccc12. The molecular weight excluding hydrogens is 188 g/mol. The summed E-state index contributed by atoms with van der Waals surface area (Å²) >= 11 is 0. The molecule has 3 nitrogen and oxygen atoms in total. The lowest BCUT2D eigenvalue weighted by Gasteiger charge is -1.95. The average Bonchev–Trinajstić information content (AvgIpc) is 2.57. The molecule has 0 atom stereocenters. The van der Waals surface area contributed by atoms with Crippen molar-refractivity contribution in [3.05, 3.63) is 46.9 Å². The number of rotatable bonds is 0. The van der Waals surface area contributed by atoms with Gasteiger partial charge in [-0.3, -0.25) is 4.79 Å². The minimum atomic E-state index is 0.00839. The number of hydrogen-bond acceptors (Lipinski definition) is 1. The van der Waals surface area contributed by atoms with Crippen LogP contribution in [-0.2, 0) is 7.05 Å². The molecule has 15 heavy (non-hydrogen) atoms. The number of hydrogen-bond donors (Lipinski definition) is 1. The third kappa shape index (κ3) is 1.09. The molecular formula is C12H10N2O. The lowest BCUT2D eigenvalue weighted by Crippen LogP contribution is -2.13. The van der Waals surface area contributed by atoms with Gasteiger partial charge in [0.2, 0.25) is 0 Å². The summed E-state index contributed by atoms with van der Waals surface area (Å²) in [6.45, 7) is 0. The molecule has 0 unspecified atom stereocenters. The predicted octanol–water partition coefficient (Wildman–Crippen LogP) is 2.02. The third-order valence-electron chi connectivity index (χ3n) is 2.71. The molecule has 0 radical (unpaired) electrons. The number of aromatic nitrogens is 2. The lowest BCUT2D eigenvalue weighted by molar-refractivity contribution is 0.870. The van der Waals surface area contributed by atoms with Crippen molar-refractivity contribution >= 4 is 21.8 Å². The molecule has 3 heteroatoms. The third-order valence-corrected chi connectivity index (χ3v) is 2.71. The molecule has 2 aromatic heterocycles. The zero-order valence-electron chi connectivity index (χ0n) is 8.32. The maximum Gasteiger partial charge on any atom is 0.252 e. The van der Waals surface area contributed by atoms with Crippen LogP contribution in [0.2, 0.25) is 0 Å². The normalized spacial score (nSPS) is 11.3. The molecule has 2 heterocycles. The zero-order valence-corrected chi connectivity index (χ0v) is 8.32. The molecule has 0 aliphatic heterocycles. The van der Waals surface area contributed by atoms with Crippen molar-refractivity contribution in [2.75, 3.05) is 0 Å². The number of para-hydroxylation sites is 1. The van der Waals surface area contributed by atoms with E-state index >= 15 is 0 Å². The fraction of sp³-hybridized carbons (Fsp3) is 0.0833. The molecule has 1 aromatic carbocycles. The summed E-state index contributed by atoms with van der Waals surface area (Å²) in [7, 11) is 1.77. The van der Waals surface area contributed by atoms with Gasteiger partial charge in [-0.05, 0) is 6.07 Å². The van der Waals surface area contributed by atoms with E-state index in [2.05, 4.69) is 11.1 Å². The summed E-state index contributed by atoms with van der Waals surface area (Å²) in [6.07, 6.45) is 1.87. The van der Waals surface area contributed by atoms with E-state index < -0.39 is 0 Å². The van der Waals surface area contributed by atoms with Crippen LogP contribution in [0, 0.1) is 0 Å². The molecule has 0 amide bonds. The van der Waals surface area contributed by atoms with Gasteiger partial charge in [0.25, 0.3) is 5.56 Å². The molecule has 0 saturated carbocycles. The van der Waals surface area contributed by atoms with Gasteiger partial charge >= 0.3 is 0 Å². The highest BCUT2D eigenvalue weighted by molar-refractivity contribution is 6.06. The van der Waals surface area contributed by atoms with Crippen molar-refractivity contribution in [1.82, 2.24) is 9.55 Å². The van der Waals surface area contributed by atoms with Gasteiger partial charge < -0.3 is 9.55 Å². The predicted molar refractivity (Wildman–Crippen MR) is 61.0 cm³/mol. The Morgan fingerprint density at radius 1 is 1.13 bits per heavy atom. The second-order valence-electron chi connectivity index (χ2n) is 3.72. The summed E-state index contributed by atoms with van der Waals surface area (Å²) in [6, 6.07) is 9.68. The fourth-order valence-electron chi connectivity index (χ4n) is 1.92. The number of benzene rings is 1. The molecule has 0 saturated heterocycles. The second-order valence-corrected chi connectivity index (χ2v) is 3.72. The largest absolute Gasteiger partial charge is 0.354 e. The molecule has 0 aliphatic carbocycles. The number of nitrogens with zero attached hydrogens (tertiary/aromatic N) is 1. The smallest absolute Gasteiger partial charge is 0.252 e. The van der Waals surface area contributed by atoms with Crippen molar-refractivity contribution < 1.29 is 0 Å². The van der Waals surface area contributed by atoms with E-state index in [0.29, 0.717) is 0 Å². The van der Waals surface area contributed by atoms with E-state index in [0.717, 1.165) is 21.8 Å². The Morgan fingerprint density at radius 3 is 2.80 bits per heavy atom. The molecule has 74 valence electrons. The van der Waals surface area contributed by atoms with Gasteiger partial charge in [0.05, 0.1) is 5.52 Å². The van der Waals surface area contributed by atoms with Crippen LogP contribution in [0.4, 0.5) is 0 Å². The summed E-state index contributed by atoms with van der Waals surface area (Å²) < 4.78 is 1.60. The fourth-order valence-corrected chi connectivity index (χ4v) is 1.92. The van der Waals surface area contributed by atoms with Gasteiger partial charge in [0.15, 0.2) is 0 Å². The van der Waals surface area contributed by atoms with Gasteiger partial charge in [-0.25, -0.2) is 0 Å². The Balaban J connectivity index is 2.61. The lowest BCUT2D eigenvalue weighted by atomic mass is 10.2. The number of aromatic amines is 1. The Hall–Kier alpha value is -2.03. The van der Waals surface area contributed by atoms with E-state index in [1.54, 1.807) is 17.7 Å². The zero-order chi connectivity index (χ0) is 10.4. The van der Waals surface area contributed by atoms with Crippen LogP contribution in [0.5, 0.6) is 0 Å². The van der Waals surface area contributed by atoms with Gasteiger partial charge in [-0.1, -0.05) is 18.2 Å². The van der Waals surface area contributed by atoms with E-state index in [4.69, 9.17) is 0 Å². The number of H-pyrrole nitrogens is 1. The Morgan fingerprint density at radius 2 is 1.93 bits per heavy atom. The van der Waals surface area contributed by atoms with Gasteiger partial charge in [0.1, 0.15) is 0 Å². The van der Waals surface area contributed by atoms with E-state index in [1.807, 2.05) is 24.4 Å². The van der Waals surface area contributed by atoms with Gasteiger partial charge in [-0.2, -0.15) is 0 Å². The molecule has 0 aliphatic rings. The van der Waals surface area contributed by atoms with Crippen LogP contribution < -0.4 is 5.56 Å². The minimum absolute atomic E-state index is 0.00839. The maximum absolute atomic E-state index is 11.5. The van der Waals surface area contributed by atoms with Crippen LogP contribution in [0.15, 0.2) is 41.3 Å². The summed E-state index contributed by atoms with van der Waals surface area (Å²) in [5, 5.41) is 2.25. The summed E-state index contributed by atoms with van der Waals surface area (Å²) in [5.41, 5.74) is 1.98. The average molecular weight is 198 g/mol. The molecule has 0 bridgehead atoms. The molecule has 0 spiro atoms. The van der Waals surface area contributed by atoms with E-state index in [9.17, 15) is 4.79 Å². The minimum Gasteiger partial charge on any atom is -0.354 e. The monoisotopic (exact) mass is 198 g/mol. The number of nitrogens with one attached hydrogen (secondary N) is 1. The highest BCUT2D eigenvalue weighted by Crippen LogP contribution is 2.23. The maximum atomic E-state index is 11.5. The molecule has 3 aromatic rings. The highest BCUT2D eigenvalue weighted by Gasteiger charge is 2.04. The van der Waals surface area contributed by atoms with Crippen molar-refractivity contribution in [3.63, 3.8) is 0 Å². The van der Waals surface area contributed by atoms with Crippen molar-refractivity contribution in [3.8, 4) is 0 Å². The van der Waals surface area contributed by atoms with Crippen molar-refractivity contribution in [2.24, 2.45) is 7.05 Å². The van der Waals surface area contributed by atoms with E-state index in [1.165, 1.54) is 0 Å². The van der Waals surface area contributed by atoms with E-state index in [-0.39, 0.29) is 5.56 Å². The molecule has 1 N–H and O–H groups in total. The van der Waals surface area contributed by atoms with Gasteiger partial charge in [-0.15, -0.1) is 0 Å². The van der Waals surface area contributed by atoms with Crippen molar-refractivity contribution in [1.29, 1.82) is 0 Å². The molecule has 0 fully saturated rings.